The smallest absolute Gasteiger partial charge is 0.243 e. The van der Waals surface area contributed by atoms with Crippen LogP contribution in [0.3, 0.4) is 0 Å². The fraction of sp³-hybridized carbons (Fsp3) is 0.667. The van der Waals surface area contributed by atoms with E-state index in [1.165, 1.54) is 6.20 Å². The molecule has 0 radical (unpaired) electrons. The predicted octanol–water partition coefficient (Wildman–Crippen LogP) is 2.30. The van der Waals surface area contributed by atoms with Gasteiger partial charge in [0, 0.05) is 6.20 Å². The summed E-state index contributed by atoms with van der Waals surface area (Å²) in [4.78, 5) is -0.0884. The van der Waals surface area contributed by atoms with Gasteiger partial charge in [0.2, 0.25) is 0 Å². The van der Waals surface area contributed by atoms with E-state index in [0.29, 0.717) is 5.69 Å². The molecule has 7 heteroatoms. The van der Waals surface area contributed by atoms with Gasteiger partial charge in [0.1, 0.15) is 6.54 Å². The van der Waals surface area contributed by atoms with Crippen LogP contribution >= 0.6 is 15.9 Å². The highest BCUT2D eigenvalue weighted by atomic mass is 79.9. The first-order valence-electron chi connectivity index (χ1n) is 3.49. The van der Waals surface area contributed by atoms with E-state index in [9.17, 15) is 13.2 Å². The molecule has 0 aliphatic rings. The summed E-state index contributed by atoms with van der Waals surface area (Å²) >= 11 is 3.18. The molecular formula is C6H7BrF3N3. The van der Waals surface area contributed by atoms with Crippen LogP contribution in [0, 0.1) is 0 Å². The molecule has 0 saturated heterocycles. The van der Waals surface area contributed by atoms with E-state index in [0.717, 1.165) is 4.68 Å². The first-order valence-corrected chi connectivity index (χ1v) is 4.41. The third kappa shape index (κ3) is 3.33. The van der Waals surface area contributed by atoms with Crippen LogP contribution in [0.25, 0.3) is 0 Å². The molecule has 13 heavy (non-hydrogen) atoms. The van der Waals surface area contributed by atoms with Gasteiger partial charge >= 0.3 is 6.18 Å². The highest BCUT2D eigenvalue weighted by molar-refractivity contribution is 9.09. The van der Waals surface area contributed by atoms with Gasteiger partial charge in [-0.15, -0.1) is 5.10 Å². The maximum atomic E-state index is 11.9. The monoisotopic (exact) mass is 257 g/mol. The van der Waals surface area contributed by atoms with Gasteiger partial charge in [0.15, 0.2) is 0 Å². The van der Waals surface area contributed by atoms with Crippen molar-refractivity contribution in [2.45, 2.75) is 24.5 Å². The van der Waals surface area contributed by atoms with Crippen molar-refractivity contribution in [2.75, 3.05) is 0 Å². The van der Waals surface area contributed by atoms with E-state index in [2.05, 4.69) is 26.2 Å². The van der Waals surface area contributed by atoms with Gasteiger partial charge in [-0.25, -0.2) is 4.68 Å². The maximum absolute atomic E-state index is 11.9. The normalized spacial score (nSPS) is 14.5. The minimum Gasteiger partial charge on any atom is -0.243 e. The minimum absolute atomic E-state index is 0.0884. The Morgan fingerprint density at radius 1 is 1.62 bits per heavy atom. The van der Waals surface area contributed by atoms with Crippen LogP contribution < -0.4 is 0 Å². The zero-order valence-electron chi connectivity index (χ0n) is 6.72. The molecule has 0 spiro atoms. The molecule has 0 amide bonds. The predicted molar refractivity (Wildman–Crippen MR) is 43.4 cm³/mol. The Morgan fingerprint density at radius 2 is 2.23 bits per heavy atom. The average molecular weight is 258 g/mol. The third-order valence-corrected chi connectivity index (χ3v) is 1.77. The van der Waals surface area contributed by atoms with Gasteiger partial charge in [-0.1, -0.05) is 21.1 Å². The fourth-order valence-electron chi connectivity index (χ4n) is 0.757. The van der Waals surface area contributed by atoms with Gasteiger partial charge in [0.05, 0.1) is 10.5 Å². The number of alkyl halides is 4. The Morgan fingerprint density at radius 3 is 2.62 bits per heavy atom. The summed E-state index contributed by atoms with van der Waals surface area (Å²) in [6.07, 6.45) is -2.98. The summed E-state index contributed by atoms with van der Waals surface area (Å²) in [7, 11) is 0. The van der Waals surface area contributed by atoms with E-state index in [4.69, 9.17) is 0 Å². The summed E-state index contributed by atoms with van der Waals surface area (Å²) in [5.74, 6) is 0. The Bertz CT molecular complexity index is 281. The van der Waals surface area contributed by atoms with Gasteiger partial charge in [0.25, 0.3) is 0 Å². The first-order chi connectivity index (χ1) is 5.88. The van der Waals surface area contributed by atoms with Crippen LogP contribution in [-0.4, -0.2) is 21.2 Å². The average Bonchev–Trinajstić information content (AvgIpc) is 2.31. The highest BCUT2D eigenvalue weighted by Gasteiger charge is 2.28. The zero-order chi connectivity index (χ0) is 10.1. The van der Waals surface area contributed by atoms with Crippen LogP contribution in [0.5, 0.6) is 0 Å². The van der Waals surface area contributed by atoms with Gasteiger partial charge in [-0.05, 0) is 6.92 Å². The molecule has 0 fully saturated rings. The molecular weight excluding hydrogens is 251 g/mol. The molecule has 0 aliphatic heterocycles. The largest absolute Gasteiger partial charge is 0.408 e. The van der Waals surface area contributed by atoms with Crippen LogP contribution in [-0.2, 0) is 6.54 Å². The molecule has 74 valence electrons. The van der Waals surface area contributed by atoms with E-state index in [-0.39, 0.29) is 4.83 Å². The molecule has 0 aliphatic carbocycles. The summed E-state index contributed by atoms with van der Waals surface area (Å²) in [6, 6.07) is 0. The molecule has 3 nitrogen and oxygen atoms in total. The Kier molecular flexibility index (Phi) is 2.94. The number of hydrogen-bond donors (Lipinski definition) is 0. The number of rotatable bonds is 2. The standard InChI is InChI=1S/C6H7BrF3N3/c1-4(7)5-2-13(12-11-5)3-6(8,9)10/h2,4H,3H2,1H3. The van der Waals surface area contributed by atoms with Crippen molar-refractivity contribution >= 4 is 15.9 Å². The molecule has 0 bridgehead atoms. The summed E-state index contributed by atoms with van der Waals surface area (Å²) < 4.78 is 36.3. The van der Waals surface area contributed by atoms with Gasteiger partial charge < -0.3 is 0 Å². The van der Waals surface area contributed by atoms with E-state index in [1.807, 2.05) is 0 Å². The van der Waals surface area contributed by atoms with Crippen LogP contribution in [0.15, 0.2) is 6.20 Å². The number of halogens is 4. The highest BCUT2D eigenvalue weighted by Crippen LogP contribution is 2.20. The molecule has 1 atom stereocenters. The lowest BCUT2D eigenvalue weighted by atomic mass is 10.4. The molecule has 0 N–H and O–H groups in total. The topological polar surface area (TPSA) is 30.7 Å². The lowest BCUT2D eigenvalue weighted by Gasteiger charge is -2.04. The van der Waals surface area contributed by atoms with Crippen molar-refractivity contribution < 1.29 is 13.2 Å². The lowest BCUT2D eigenvalue weighted by Crippen LogP contribution is -2.18. The van der Waals surface area contributed by atoms with Crippen molar-refractivity contribution in [1.82, 2.24) is 15.0 Å². The molecule has 1 aromatic heterocycles. The fourth-order valence-corrected chi connectivity index (χ4v) is 0.966. The summed E-state index contributed by atoms with van der Waals surface area (Å²) in [6.45, 7) is 0.668. The lowest BCUT2D eigenvalue weighted by molar-refractivity contribution is -0.142. The first kappa shape index (κ1) is 10.5. The van der Waals surface area contributed by atoms with Crippen molar-refractivity contribution in [3.05, 3.63) is 11.9 Å². The summed E-state index contributed by atoms with van der Waals surface area (Å²) in [5.41, 5.74) is 0.490. The molecule has 1 rings (SSSR count). The number of nitrogens with zero attached hydrogens (tertiary/aromatic N) is 3. The zero-order valence-corrected chi connectivity index (χ0v) is 8.30. The van der Waals surface area contributed by atoms with E-state index in [1.54, 1.807) is 6.92 Å². The van der Waals surface area contributed by atoms with Crippen LogP contribution in [0.4, 0.5) is 13.2 Å². The Hall–Kier alpha value is -0.590. The van der Waals surface area contributed by atoms with Crippen molar-refractivity contribution in [3.8, 4) is 0 Å². The summed E-state index contributed by atoms with van der Waals surface area (Å²) in [5, 5.41) is 6.91. The minimum atomic E-state index is -4.25. The second-order valence-electron chi connectivity index (χ2n) is 2.57. The molecule has 1 unspecified atom stereocenters. The Balaban J connectivity index is 2.70. The van der Waals surface area contributed by atoms with Crippen molar-refractivity contribution in [3.63, 3.8) is 0 Å². The van der Waals surface area contributed by atoms with Gasteiger partial charge in [-0.2, -0.15) is 13.2 Å². The molecule has 1 aromatic rings. The second-order valence-corrected chi connectivity index (χ2v) is 3.95. The van der Waals surface area contributed by atoms with Crippen molar-refractivity contribution in [2.24, 2.45) is 0 Å². The van der Waals surface area contributed by atoms with E-state index < -0.39 is 12.7 Å². The maximum Gasteiger partial charge on any atom is 0.408 e. The second kappa shape index (κ2) is 3.65. The van der Waals surface area contributed by atoms with Crippen LogP contribution in [0.1, 0.15) is 17.4 Å². The van der Waals surface area contributed by atoms with E-state index >= 15 is 0 Å². The quantitative estimate of drug-likeness (QED) is 0.762. The van der Waals surface area contributed by atoms with Crippen molar-refractivity contribution in [1.29, 1.82) is 0 Å². The number of hydrogen-bond acceptors (Lipinski definition) is 2. The molecule has 0 aromatic carbocycles. The van der Waals surface area contributed by atoms with Gasteiger partial charge in [-0.3, -0.25) is 0 Å². The molecule has 1 heterocycles. The molecule has 0 saturated carbocycles. The third-order valence-electron chi connectivity index (χ3n) is 1.31. The SMILES string of the molecule is CC(Br)c1cn(CC(F)(F)F)nn1. The van der Waals surface area contributed by atoms with Crippen LogP contribution in [0.2, 0.25) is 0 Å². The Labute approximate surface area is 81.1 Å². The number of aromatic nitrogens is 3.